The van der Waals surface area contributed by atoms with Crippen molar-refractivity contribution in [2.45, 2.75) is 59.8 Å². The van der Waals surface area contributed by atoms with Gasteiger partial charge in [0.1, 0.15) is 0 Å². The molecule has 0 spiro atoms. The summed E-state index contributed by atoms with van der Waals surface area (Å²) in [6.45, 7) is 10.1. The highest BCUT2D eigenvalue weighted by Gasteiger charge is 2.17. The number of hydrogen-bond acceptors (Lipinski definition) is 3. The van der Waals surface area contributed by atoms with Gasteiger partial charge in [-0.15, -0.1) is 0 Å². The molecule has 0 aliphatic heterocycles. The molecule has 0 heterocycles. The Labute approximate surface area is 128 Å². The Hall–Kier alpha value is -0.280. The van der Waals surface area contributed by atoms with Crippen LogP contribution in [0.4, 0.5) is 5.69 Å². The third-order valence-electron chi connectivity index (χ3n) is 3.69. The van der Waals surface area contributed by atoms with Gasteiger partial charge in [0.15, 0.2) is 0 Å². The summed E-state index contributed by atoms with van der Waals surface area (Å²) in [7, 11) is 2.10. The Morgan fingerprint density at radius 1 is 1.00 bits per heavy atom. The van der Waals surface area contributed by atoms with Crippen molar-refractivity contribution in [3.63, 3.8) is 0 Å². The second-order valence-electron chi connectivity index (χ2n) is 6.62. The van der Waals surface area contributed by atoms with Gasteiger partial charge < -0.3 is 4.90 Å². The molecule has 0 saturated heterocycles. The Morgan fingerprint density at radius 2 is 1.63 bits per heavy atom. The zero-order valence-electron chi connectivity index (χ0n) is 13.0. The van der Waals surface area contributed by atoms with Crippen LogP contribution in [0, 0.1) is 14.4 Å². The topological polar surface area (TPSA) is 3.24 Å². The number of hydrogen-bond donors (Lipinski definition) is 0. The molecule has 0 atom stereocenters. The molecule has 1 aromatic rings. The first-order valence-corrected chi connectivity index (χ1v) is 8.13. The van der Waals surface area contributed by atoms with Crippen molar-refractivity contribution in [3.8, 4) is 0 Å². The highest BCUT2D eigenvalue weighted by atomic mass is 32.1. The molecule has 0 fully saturated rings. The van der Waals surface area contributed by atoms with Gasteiger partial charge in [-0.3, -0.25) is 0 Å². The molecule has 0 amide bonds. The molecule has 0 aromatic heterocycles. The minimum Gasteiger partial charge on any atom is -0.373 e. The van der Waals surface area contributed by atoms with E-state index in [1.54, 1.807) is 0 Å². The molecule has 0 bridgehead atoms. The minimum atomic E-state index is 0.459. The summed E-state index contributed by atoms with van der Waals surface area (Å²) in [5.74, 6) is 0. The lowest BCUT2D eigenvalue weighted by molar-refractivity contribution is 0.358. The SMILES string of the molecule is CCN(C)c1c(CCCCCC(C)(C)C)c(=S)c1=S. The van der Waals surface area contributed by atoms with Crippen LogP contribution in [-0.4, -0.2) is 13.6 Å². The van der Waals surface area contributed by atoms with Crippen molar-refractivity contribution in [1.82, 2.24) is 0 Å². The van der Waals surface area contributed by atoms with E-state index in [2.05, 4.69) is 39.6 Å². The molecule has 0 N–H and O–H groups in total. The quantitative estimate of drug-likeness (QED) is 0.474. The number of rotatable bonds is 7. The second kappa shape index (κ2) is 6.94. The predicted molar refractivity (Wildman–Crippen MR) is 91.1 cm³/mol. The number of nitrogens with zero attached hydrogens (tertiary/aromatic N) is 1. The highest BCUT2D eigenvalue weighted by molar-refractivity contribution is 7.74. The fourth-order valence-electron chi connectivity index (χ4n) is 2.35. The van der Waals surface area contributed by atoms with Gasteiger partial charge in [-0.25, -0.2) is 0 Å². The first-order valence-electron chi connectivity index (χ1n) is 7.31. The summed E-state index contributed by atoms with van der Waals surface area (Å²) in [6, 6.07) is 0. The van der Waals surface area contributed by atoms with Gasteiger partial charge in [-0.05, 0) is 37.2 Å². The maximum absolute atomic E-state index is 5.38. The molecule has 1 nitrogen and oxygen atoms in total. The van der Waals surface area contributed by atoms with E-state index < -0.39 is 0 Å². The summed E-state index contributed by atoms with van der Waals surface area (Å²) in [6.07, 6.45) is 6.24. The monoisotopic (exact) mass is 297 g/mol. The summed E-state index contributed by atoms with van der Waals surface area (Å²) < 4.78 is 1.85. The van der Waals surface area contributed by atoms with Crippen LogP contribution in [0.1, 0.15) is 58.9 Å². The molecule has 0 radical (unpaired) electrons. The van der Waals surface area contributed by atoms with E-state index in [-0.39, 0.29) is 0 Å². The van der Waals surface area contributed by atoms with Gasteiger partial charge >= 0.3 is 0 Å². The molecule has 0 aliphatic rings. The summed E-state index contributed by atoms with van der Waals surface area (Å²) in [5.41, 5.74) is 3.03. The van der Waals surface area contributed by atoms with E-state index in [4.69, 9.17) is 24.4 Å². The van der Waals surface area contributed by atoms with Gasteiger partial charge in [0.05, 0.1) is 14.7 Å². The van der Waals surface area contributed by atoms with E-state index >= 15 is 0 Å². The first-order chi connectivity index (χ1) is 8.78. The van der Waals surface area contributed by atoms with Crippen molar-refractivity contribution in [2.75, 3.05) is 18.5 Å². The average molecular weight is 298 g/mol. The van der Waals surface area contributed by atoms with Crippen LogP contribution < -0.4 is 4.90 Å². The van der Waals surface area contributed by atoms with Crippen LogP contribution in [-0.2, 0) is 6.42 Å². The van der Waals surface area contributed by atoms with Crippen molar-refractivity contribution < 1.29 is 0 Å². The molecule has 0 saturated carbocycles. The lowest BCUT2D eigenvalue weighted by Crippen LogP contribution is -2.20. The summed E-state index contributed by atoms with van der Waals surface area (Å²) >= 11 is 10.7. The molecular weight excluding hydrogens is 270 g/mol. The van der Waals surface area contributed by atoms with Crippen molar-refractivity contribution in [3.05, 3.63) is 14.6 Å². The van der Waals surface area contributed by atoms with Crippen LogP contribution in [0.25, 0.3) is 0 Å². The highest BCUT2D eigenvalue weighted by Crippen LogP contribution is 2.31. The van der Waals surface area contributed by atoms with Crippen molar-refractivity contribution >= 4 is 30.1 Å². The van der Waals surface area contributed by atoms with Gasteiger partial charge in [-0.1, -0.05) is 58.0 Å². The van der Waals surface area contributed by atoms with E-state index in [0.717, 1.165) is 22.0 Å². The lowest BCUT2D eigenvalue weighted by atomic mass is 9.89. The zero-order valence-corrected chi connectivity index (χ0v) is 14.6. The summed E-state index contributed by atoms with van der Waals surface area (Å²) in [4.78, 5) is 2.22. The van der Waals surface area contributed by atoms with Crippen LogP contribution in [0.5, 0.6) is 0 Å². The largest absolute Gasteiger partial charge is 0.373 e. The van der Waals surface area contributed by atoms with Crippen molar-refractivity contribution in [1.29, 1.82) is 0 Å². The molecule has 3 heteroatoms. The van der Waals surface area contributed by atoms with Gasteiger partial charge in [0, 0.05) is 13.6 Å². The van der Waals surface area contributed by atoms with Crippen LogP contribution >= 0.6 is 24.4 Å². The fourth-order valence-corrected chi connectivity index (χ4v) is 3.05. The van der Waals surface area contributed by atoms with Crippen LogP contribution in [0.15, 0.2) is 0 Å². The predicted octanol–water partition coefficient (Wildman–Crippen LogP) is 5.63. The molecule has 0 aliphatic carbocycles. The Morgan fingerprint density at radius 3 is 2.16 bits per heavy atom. The molecular formula is C16H27NS2. The third kappa shape index (κ3) is 4.64. The zero-order chi connectivity index (χ0) is 14.6. The smallest absolute Gasteiger partial charge is 0.0798 e. The van der Waals surface area contributed by atoms with Gasteiger partial charge in [0.25, 0.3) is 0 Å². The fraction of sp³-hybridized carbons (Fsp3) is 0.750. The lowest BCUT2D eigenvalue weighted by Gasteiger charge is -2.24. The Kier molecular flexibility index (Phi) is 6.13. The first kappa shape index (κ1) is 16.8. The van der Waals surface area contributed by atoms with E-state index in [1.165, 1.54) is 36.9 Å². The van der Waals surface area contributed by atoms with Crippen LogP contribution in [0.2, 0.25) is 0 Å². The van der Waals surface area contributed by atoms with Gasteiger partial charge in [0.2, 0.25) is 0 Å². The molecule has 1 aromatic carbocycles. The molecule has 19 heavy (non-hydrogen) atoms. The number of unbranched alkanes of at least 4 members (excludes halogenated alkanes) is 2. The maximum Gasteiger partial charge on any atom is 0.0798 e. The molecule has 1 rings (SSSR count). The molecule has 0 unspecified atom stereocenters. The normalized spacial score (nSPS) is 12.1. The minimum absolute atomic E-state index is 0.459. The molecule has 108 valence electrons. The van der Waals surface area contributed by atoms with E-state index in [0.29, 0.717) is 5.41 Å². The van der Waals surface area contributed by atoms with Gasteiger partial charge in [-0.2, -0.15) is 0 Å². The standard InChI is InChI=1S/C16H27NS2/c1-6-17(5)13-12(14(18)15(13)19)10-8-7-9-11-16(2,3)4/h6-11H2,1-5H3. The maximum atomic E-state index is 5.38. The third-order valence-corrected chi connectivity index (χ3v) is 4.67. The van der Waals surface area contributed by atoms with E-state index in [1.807, 2.05) is 0 Å². The number of anilines is 1. The summed E-state index contributed by atoms with van der Waals surface area (Å²) in [5, 5.41) is 0. The average Bonchev–Trinajstić information content (AvgIpc) is 2.34. The second-order valence-corrected chi connectivity index (χ2v) is 7.44. The van der Waals surface area contributed by atoms with Crippen LogP contribution in [0.3, 0.4) is 0 Å². The Balaban J connectivity index is 2.45. The van der Waals surface area contributed by atoms with Crippen molar-refractivity contribution in [2.24, 2.45) is 5.41 Å². The van der Waals surface area contributed by atoms with E-state index in [9.17, 15) is 0 Å². The Bertz CT molecular complexity index is 475.